The Bertz CT molecular complexity index is 8270. The highest BCUT2D eigenvalue weighted by Gasteiger charge is 2.25. The van der Waals surface area contributed by atoms with E-state index in [2.05, 4.69) is 379 Å². The SMILES string of the molecule is c1ccc(-c2cccc(-c3cccc(-c4cc(-c5nc(-c6ccccc6)nc(-c6ccccc6-c6ccc(-c7ccc(-c8ccc(-c9cc(-c%10nc(-c%11ccccc%11)nc(-c%11ccccc%11)n%10)cc(-n%10c%11ccccc%11c%11c%12sc%13ccccc%13c%12ccc%11%10)c9)cc8)cc7)cc6)n5)cc(-n5c6ccccc6c6c7sc8ccccc8c7ccc65)c4)c3)c2)cc1. The Kier molecular flexibility index (Phi) is 17.5. The molecule has 0 bridgehead atoms. The molecule has 0 N–H and O–H groups in total. The summed E-state index contributed by atoms with van der Waals surface area (Å²) >= 11 is 3.73. The first kappa shape index (κ1) is 72.1. The third-order valence-corrected chi connectivity index (χ3v) is 26.6. The smallest absolute Gasteiger partial charge is 0.164 e. The molecule has 0 saturated heterocycles. The topological polar surface area (TPSA) is 87.2 Å². The van der Waals surface area contributed by atoms with Crippen LogP contribution in [0.25, 0.3) is 242 Å². The van der Waals surface area contributed by atoms with Crippen LogP contribution < -0.4 is 0 Å². The first-order valence-electron chi connectivity index (χ1n) is 41.8. The molecule has 0 aliphatic rings. The Balaban J connectivity index is 0.578. The first-order chi connectivity index (χ1) is 61.4. The maximum absolute atomic E-state index is 5.60. The highest BCUT2D eigenvalue weighted by Crippen LogP contribution is 2.48. The van der Waals surface area contributed by atoms with Crippen LogP contribution in [-0.2, 0) is 0 Å². The fourth-order valence-corrected chi connectivity index (χ4v) is 20.8. The quantitative estimate of drug-likeness (QED) is 0.102. The zero-order chi connectivity index (χ0) is 81.7. The minimum Gasteiger partial charge on any atom is -0.309 e. The second-order valence-corrected chi connectivity index (χ2v) is 33.7. The molecule has 6 heterocycles. The van der Waals surface area contributed by atoms with Gasteiger partial charge in [0.25, 0.3) is 0 Å². The highest BCUT2D eigenvalue weighted by atomic mass is 32.1. The van der Waals surface area contributed by atoms with Gasteiger partial charge in [0.1, 0.15) is 0 Å². The summed E-state index contributed by atoms with van der Waals surface area (Å²) in [5, 5.41) is 9.99. The standard InChI is InChI=1S/C114H70N8S2/c1-5-25-71(26-6-1)81-33-23-34-82(63-81)83-35-24-36-84(64-83)86-66-88(70-90(68-86)122-100-44-20-16-42-98(100)106-102(122)62-60-95-93-39-18-22-46-104(93)124-108(95)106)113-118-111(80-31-11-4-12-32-80)119-114(120-113)96-40-14-13-37-91(96)77-57-55-75(56-58-77)73-49-47-72(48-50-73)74-51-53-76(54-52-74)85-65-87(112-116-109(78-27-7-2-8-28-78)115-110(117-112)79-29-9-3-10-30-79)69-89(67-85)121-99-43-19-15-41-97(99)105-101(121)61-59-94-92-38-17-21-45-103(92)123-107(94)105/h1-70H. The lowest BCUT2D eigenvalue weighted by Gasteiger charge is -2.16. The number of nitrogens with zero attached hydrogens (tertiary/aromatic N) is 8. The van der Waals surface area contributed by atoms with Gasteiger partial charge in [0, 0.05) is 107 Å². The van der Waals surface area contributed by atoms with Gasteiger partial charge in [-0.2, -0.15) is 0 Å². The predicted octanol–water partition coefficient (Wildman–Crippen LogP) is 30.7. The van der Waals surface area contributed by atoms with Crippen LogP contribution in [0, 0.1) is 0 Å². The minimum atomic E-state index is 0.563. The van der Waals surface area contributed by atoms with Crippen molar-refractivity contribution in [3.8, 4) is 158 Å². The van der Waals surface area contributed by atoms with Gasteiger partial charge in [0.2, 0.25) is 0 Å². The molecular weight excluding hydrogens is 1550 g/mol. The zero-order valence-electron chi connectivity index (χ0n) is 66.8. The summed E-state index contributed by atoms with van der Waals surface area (Å²) in [4.78, 5) is 32.2. The van der Waals surface area contributed by atoms with E-state index in [0.29, 0.717) is 34.9 Å². The van der Waals surface area contributed by atoms with Crippen molar-refractivity contribution in [1.82, 2.24) is 39.0 Å². The summed E-state index contributed by atoms with van der Waals surface area (Å²) in [5.74, 6) is 3.53. The number of hydrogen-bond acceptors (Lipinski definition) is 8. The van der Waals surface area contributed by atoms with Crippen molar-refractivity contribution in [2.45, 2.75) is 0 Å². The van der Waals surface area contributed by atoms with Crippen molar-refractivity contribution in [2.75, 3.05) is 0 Å². The van der Waals surface area contributed by atoms with Crippen molar-refractivity contribution < 1.29 is 0 Å². The maximum atomic E-state index is 5.60. The van der Waals surface area contributed by atoms with E-state index in [1.54, 1.807) is 0 Å². The summed E-state index contributed by atoms with van der Waals surface area (Å²) < 4.78 is 9.98. The molecule has 0 amide bonds. The minimum absolute atomic E-state index is 0.563. The van der Waals surface area contributed by atoms with E-state index in [1.165, 1.54) is 73.0 Å². The van der Waals surface area contributed by atoms with Crippen LogP contribution in [0.5, 0.6) is 0 Å². The number of rotatable bonds is 15. The van der Waals surface area contributed by atoms with E-state index < -0.39 is 0 Å². The fourth-order valence-electron chi connectivity index (χ4n) is 18.2. The molecule has 0 saturated carbocycles. The lowest BCUT2D eigenvalue weighted by molar-refractivity contribution is 1.07. The average molecular weight is 1620 g/mol. The van der Waals surface area contributed by atoms with E-state index in [9.17, 15) is 0 Å². The second kappa shape index (κ2) is 30.1. The van der Waals surface area contributed by atoms with Gasteiger partial charge in [-0.1, -0.05) is 340 Å². The fraction of sp³-hybridized carbons (Fsp3) is 0. The molecule has 0 unspecified atom stereocenters. The van der Waals surface area contributed by atoms with E-state index in [4.69, 9.17) is 29.9 Å². The van der Waals surface area contributed by atoms with Crippen LogP contribution in [-0.4, -0.2) is 39.0 Å². The van der Waals surface area contributed by atoms with Crippen LogP contribution in [0.4, 0.5) is 0 Å². The lowest BCUT2D eigenvalue weighted by Crippen LogP contribution is -2.02. The number of hydrogen-bond donors (Lipinski definition) is 0. The van der Waals surface area contributed by atoms with Gasteiger partial charge in [-0.3, -0.25) is 0 Å². The van der Waals surface area contributed by atoms with E-state index in [1.807, 2.05) is 77.3 Å². The van der Waals surface area contributed by atoms with E-state index in [0.717, 1.165) is 134 Å². The van der Waals surface area contributed by atoms with E-state index in [-0.39, 0.29) is 0 Å². The van der Waals surface area contributed by atoms with Gasteiger partial charge in [0.05, 0.1) is 22.1 Å². The number of aromatic nitrogens is 8. The monoisotopic (exact) mass is 1610 g/mol. The Labute approximate surface area is 722 Å². The van der Waals surface area contributed by atoms with E-state index >= 15 is 0 Å². The number of para-hydroxylation sites is 2. The molecular formula is C114H70N8S2. The molecule has 578 valence electrons. The second-order valence-electron chi connectivity index (χ2n) is 31.6. The molecule has 0 aliphatic heterocycles. The van der Waals surface area contributed by atoms with Crippen molar-refractivity contribution in [1.29, 1.82) is 0 Å². The number of fused-ring (bicyclic) bond motifs is 14. The summed E-state index contributed by atoms with van der Waals surface area (Å²) in [5.41, 5.74) is 27.2. The van der Waals surface area contributed by atoms with Crippen molar-refractivity contribution >= 4 is 107 Å². The Morgan fingerprint density at radius 3 is 0.871 bits per heavy atom. The summed E-state index contributed by atoms with van der Waals surface area (Å²) in [7, 11) is 0. The van der Waals surface area contributed by atoms with Gasteiger partial charge >= 0.3 is 0 Å². The Hall–Kier alpha value is -16.0. The zero-order valence-corrected chi connectivity index (χ0v) is 68.4. The van der Waals surface area contributed by atoms with Crippen LogP contribution >= 0.6 is 22.7 Å². The average Bonchev–Trinajstić information content (AvgIpc) is 1.56. The van der Waals surface area contributed by atoms with Crippen LogP contribution in [0.15, 0.2) is 425 Å². The largest absolute Gasteiger partial charge is 0.309 e. The molecule has 10 heteroatoms. The molecule has 0 radical (unpaired) electrons. The molecule has 0 aliphatic carbocycles. The molecule has 8 nitrogen and oxygen atoms in total. The molecule has 18 aromatic carbocycles. The van der Waals surface area contributed by atoms with Gasteiger partial charge in [-0.05, 0) is 163 Å². The maximum Gasteiger partial charge on any atom is 0.164 e. The van der Waals surface area contributed by atoms with Gasteiger partial charge in [-0.25, -0.2) is 29.9 Å². The molecule has 0 fully saturated rings. The van der Waals surface area contributed by atoms with Gasteiger partial charge in [-0.15, -0.1) is 22.7 Å². The predicted molar refractivity (Wildman–Crippen MR) is 518 cm³/mol. The van der Waals surface area contributed by atoms with Gasteiger partial charge < -0.3 is 9.13 Å². The number of benzene rings is 18. The van der Waals surface area contributed by atoms with Crippen molar-refractivity contribution in [3.63, 3.8) is 0 Å². The lowest BCUT2D eigenvalue weighted by atomic mass is 9.95. The summed E-state index contributed by atoms with van der Waals surface area (Å²) in [6.07, 6.45) is 0. The Morgan fingerprint density at radius 2 is 0.444 bits per heavy atom. The normalized spacial score (nSPS) is 11.7. The highest BCUT2D eigenvalue weighted by molar-refractivity contribution is 7.27. The molecule has 24 rings (SSSR count). The van der Waals surface area contributed by atoms with Crippen LogP contribution in [0.2, 0.25) is 0 Å². The van der Waals surface area contributed by atoms with Crippen molar-refractivity contribution in [3.05, 3.63) is 425 Å². The first-order valence-corrected chi connectivity index (χ1v) is 43.4. The van der Waals surface area contributed by atoms with Crippen LogP contribution in [0.1, 0.15) is 0 Å². The molecule has 0 atom stereocenters. The van der Waals surface area contributed by atoms with Gasteiger partial charge in [0.15, 0.2) is 34.9 Å². The third-order valence-electron chi connectivity index (χ3n) is 24.2. The molecule has 24 aromatic rings. The Morgan fingerprint density at radius 1 is 0.161 bits per heavy atom. The molecule has 0 spiro atoms. The third kappa shape index (κ3) is 12.7. The summed E-state index contributed by atoms with van der Waals surface area (Å²) in [6.45, 7) is 0. The summed E-state index contributed by atoms with van der Waals surface area (Å²) in [6, 6.07) is 152. The molecule has 124 heavy (non-hydrogen) atoms. The number of thiophene rings is 2. The van der Waals surface area contributed by atoms with Crippen molar-refractivity contribution in [2.24, 2.45) is 0 Å². The van der Waals surface area contributed by atoms with Crippen LogP contribution in [0.3, 0.4) is 0 Å². The molecule has 6 aromatic heterocycles.